The molecule has 2 aromatic carbocycles. The molecule has 128 valence electrons. The van der Waals surface area contributed by atoms with Crippen molar-refractivity contribution < 1.29 is 9.18 Å². The zero-order valence-corrected chi connectivity index (χ0v) is 15.5. The fourth-order valence-corrected chi connectivity index (χ4v) is 3.00. The van der Waals surface area contributed by atoms with Crippen LogP contribution >= 0.6 is 15.9 Å². The number of hydrogen-bond donors (Lipinski definition) is 1. The standard InChI is InChI=1S/C19H17BrFN3O/c1-12-3-8-16(13(2)9-12)19(25)22-18-17(20)11-24(23-18)10-14-4-6-15(21)7-5-14/h3-9,11H,10H2,1-2H3,(H,22,23,25). The number of hydrogen-bond acceptors (Lipinski definition) is 2. The van der Waals surface area contributed by atoms with Crippen molar-refractivity contribution >= 4 is 27.7 Å². The molecule has 0 aliphatic rings. The number of nitrogens with zero attached hydrogens (tertiary/aromatic N) is 2. The topological polar surface area (TPSA) is 46.9 Å². The van der Waals surface area contributed by atoms with E-state index in [-0.39, 0.29) is 11.7 Å². The minimum atomic E-state index is -0.271. The van der Waals surface area contributed by atoms with Crippen LogP contribution < -0.4 is 5.32 Å². The van der Waals surface area contributed by atoms with Gasteiger partial charge in [0.25, 0.3) is 5.91 Å². The summed E-state index contributed by atoms with van der Waals surface area (Å²) in [5.74, 6) is -0.0239. The van der Waals surface area contributed by atoms with Gasteiger partial charge in [0.05, 0.1) is 11.0 Å². The second-order valence-electron chi connectivity index (χ2n) is 5.92. The number of anilines is 1. The Labute approximate surface area is 153 Å². The minimum Gasteiger partial charge on any atom is -0.304 e. The second kappa shape index (κ2) is 7.19. The average molecular weight is 402 g/mol. The smallest absolute Gasteiger partial charge is 0.257 e. The molecule has 25 heavy (non-hydrogen) atoms. The van der Waals surface area contributed by atoms with Gasteiger partial charge in [-0.1, -0.05) is 29.8 Å². The Morgan fingerprint density at radius 1 is 1.20 bits per heavy atom. The van der Waals surface area contributed by atoms with Gasteiger partial charge in [-0.15, -0.1) is 0 Å². The lowest BCUT2D eigenvalue weighted by Gasteiger charge is -2.07. The van der Waals surface area contributed by atoms with Crippen LogP contribution in [0.25, 0.3) is 0 Å². The third-order valence-corrected chi connectivity index (χ3v) is 4.41. The van der Waals surface area contributed by atoms with Crippen molar-refractivity contribution in [2.45, 2.75) is 20.4 Å². The highest BCUT2D eigenvalue weighted by Gasteiger charge is 2.14. The highest BCUT2D eigenvalue weighted by molar-refractivity contribution is 9.10. The molecule has 1 N–H and O–H groups in total. The molecule has 0 saturated heterocycles. The van der Waals surface area contributed by atoms with Gasteiger partial charge in [-0.3, -0.25) is 9.48 Å². The van der Waals surface area contributed by atoms with E-state index >= 15 is 0 Å². The molecule has 0 bridgehead atoms. The van der Waals surface area contributed by atoms with Crippen LogP contribution in [-0.4, -0.2) is 15.7 Å². The Bertz CT molecular complexity index is 919. The predicted molar refractivity (Wildman–Crippen MR) is 99.3 cm³/mol. The summed E-state index contributed by atoms with van der Waals surface area (Å²) in [6.07, 6.45) is 1.78. The van der Waals surface area contributed by atoms with Crippen LogP contribution in [0.3, 0.4) is 0 Å². The maximum atomic E-state index is 13.0. The zero-order valence-electron chi connectivity index (χ0n) is 13.9. The van der Waals surface area contributed by atoms with Gasteiger partial charge in [-0.25, -0.2) is 4.39 Å². The van der Waals surface area contributed by atoms with Gasteiger partial charge in [0.15, 0.2) is 5.82 Å². The van der Waals surface area contributed by atoms with Crippen LogP contribution in [0.15, 0.2) is 53.1 Å². The molecule has 0 fully saturated rings. The first-order valence-electron chi connectivity index (χ1n) is 7.78. The Balaban J connectivity index is 1.76. The molecule has 3 rings (SSSR count). The molecule has 0 radical (unpaired) electrons. The van der Waals surface area contributed by atoms with Crippen molar-refractivity contribution in [1.29, 1.82) is 0 Å². The van der Waals surface area contributed by atoms with E-state index in [1.165, 1.54) is 12.1 Å². The van der Waals surface area contributed by atoms with Crippen LogP contribution in [0.5, 0.6) is 0 Å². The van der Waals surface area contributed by atoms with E-state index < -0.39 is 0 Å². The molecule has 0 unspecified atom stereocenters. The van der Waals surface area contributed by atoms with Gasteiger partial charge in [0, 0.05) is 11.8 Å². The molecule has 0 aliphatic carbocycles. The van der Waals surface area contributed by atoms with Crippen molar-refractivity contribution in [3.05, 3.63) is 81.2 Å². The monoisotopic (exact) mass is 401 g/mol. The van der Waals surface area contributed by atoms with E-state index in [1.54, 1.807) is 23.0 Å². The van der Waals surface area contributed by atoms with Crippen LogP contribution in [0.4, 0.5) is 10.2 Å². The summed E-state index contributed by atoms with van der Waals surface area (Å²) in [6, 6.07) is 11.9. The van der Waals surface area contributed by atoms with Gasteiger partial charge in [-0.2, -0.15) is 5.10 Å². The molecule has 6 heteroatoms. The molecular formula is C19H17BrFN3O. The fraction of sp³-hybridized carbons (Fsp3) is 0.158. The van der Waals surface area contributed by atoms with E-state index in [0.29, 0.717) is 22.4 Å². The number of halogens is 2. The SMILES string of the molecule is Cc1ccc(C(=O)Nc2nn(Cc3ccc(F)cc3)cc2Br)c(C)c1. The van der Waals surface area contributed by atoms with E-state index in [9.17, 15) is 9.18 Å². The van der Waals surface area contributed by atoms with Gasteiger partial charge in [0.2, 0.25) is 0 Å². The summed E-state index contributed by atoms with van der Waals surface area (Å²) in [7, 11) is 0. The Morgan fingerprint density at radius 2 is 1.92 bits per heavy atom. The lowest BCUT2D eigenvalue weighted by Crippen LogP contribution is -2.14. The number of aromatic nitrogens is 2. The Morgan fingerprint density at radius 3 is 2.60 bits per heavy atom. The van der Waals surface area contributed by atoms with Crippen LogP contribution in [-0.2, 0) is 6.54 Å². The van der Waals surface area contributed by atoms with Crippen LogP contribution in [0, 0.1) is 19.7 Å². The van der Waals surface area contributed by atoms with Crippen molar-refractivity contribution in [3.63, 3.8) is 0 Å². The van der Waals surface area contributed by atoms with Gasteiger partial charge >= 0.3 is 0 Å². The summed E-state index contributed by atoms with van der Waals surface area (Å²) in [5.41, 5.74) is 3.56. The number of aryl methyl sites for hydroxylation is 2. The second-order valence-corrected chi connectivity index (χ2v) is 6.78. The molecule has 0 spiro atoms. The molecule has 4 nitrogen and oxygen atoms in total. The van der Waals surface area contributed by atoms with E-state index in [0.717, 1.165) is 16.7 Å². The Kier molecular flexibility index (Phi) is 4.99. The molecule has 0 saturated carbocycles. The van der Waals surface area contributed by atoms with Gasteiger partial charge < -0.3 is 5.32 Å². The molecule has 3 aromatic rings. The predicted octanol–water partition coefficient (Wildman–Crippen LogP) is 4.70. The van der Waals surface area contributed by atoms with Gasteiger partial charge in [-0.05, 0) is 59.1 Å². The average Bonchev–Trinajstić information content (AvgIpc) is 2.89. The third kappa shape index (κ3) is 4.14. The number of amides is 1. The Hall–Kier alpha value is -2.47. The van der Waals surface area contributed by atoms with Crippen molar-refractivity contribution in [2.75, 3.05) is 5.32 Å². The molecule has 1 amide bonds. The van der Waals surface area contributed by atoms with E-state index in [2.05, 4.69) is 26.3 Å². The van der Waals surface area contributed by atoms with Crippen LogP contribution in [0.2, 0.25) is 0 Å². The lowest BCUT2D eigenvalue weighted by molar-refractivity contribution is 0.102. The molecule has 0 atom stereocenters. The summed E-state index contributed by atoms with van der Waals surface area (Å²) < 4.78 is 15.4. The first kappa shape index (κ1) is 17.4. The zero-order chi connectivity index (χ0) is 18.0. The largest absolute Gasteiger partial charge is 0.304 e. The highest BCUT2D eigenvalue weighted by atomic mass is 79.9. The summed E-state index contributed by atoms with van der Waals surface area (Å²) in [5, 5.41) is 7.21. The first-order chi connectivity index (χ1) is 11.9. The van der Waals surface area contributed by atoms with Gasteiger partial charge in [0.1, 0.15) is 5.82 Å². The first-order valence-corrected chi connectivity index (χ1v) is 8.57. The number of benzene rings is 2. The summed E-state index contributed by atoms with van der Waals surface area (Å²) in [4.78, 5) is 12.5. The fourth-order valence-electron chi connectivity index (χ4n) is 2.58. The third-order valence-electron chi connectivity index (χ3n) is 3.83. The number of rotatable bonds is 4. The van der Waals surface area contributed by atoms with Crippen LogP contribution in [0.1, 0.15) is 27.0 Å². The summed E-state index contributed by atoms with van der Waals surface area (Å²) in [6.45, 7) is 4.38. The molecule has 1 heterocycles. The normalized spacial score (nSPS) is 10.7. The quantitative estimate of drug-likeness (QED) is 0.688. The number of carbonyl (C=O) groups is 1. The van der Waals surface area contributed by atoms with Crippen molar-refractivity contribution in [2.24, 2.45) is 0 Å². The molecule has 0 aliphatic heterocycles. The minimum absolute atomic E-state index is 0.203. The number of nitrogens with one attached hydrogen (secondary N) is 1. The highest BCUT2D eigenvalue weighted by Crippen LogP contribution is 2.22. The maximum Gasteiger partial charge on any atom is 0.257 e. The van der Waals surface area contributed by atoms with E-state index in [4.69, 9.17) is 0 Å². The maximum absolute atomic E-state index is 13.0. The lowest BCUT2D eigenvalue weighted by atomic mass is 10.1. The van der Waals surface area contributed by atoms with E-state index in [1.807, 2.05) is 32.0 Å². The molecule has 1 aromatic heterocycles. The summed E-state index contributed by atoms with van der Waals surface area (Å²) >= 11 is 3.42. The van der Waals surface area contributed by atoms with Crippen molar-refractivity contribution in [3.8, 4) is 0 Å². The van der Waals surface area contributed by atoms with Crippen molar-refractivity contribution in [1.82, 2.24) is 9.78 Å². The molecular weight excluding hydrogens is 385 g/mol. The number of carbonyl (C=O) groups excluding carboxylic acids is 1.